The summed E-state index contributed by atoms with van der Waals surface area (Å²) in [7, 11) is 0. The molecule has 122 valence electrons. The van der Waals surface area contributed by atoms with Gasteiger partial charge in [-0.1, -0.05) is 42.5 Å². The highest BCUT2D eigenvalue weighted by molar-refractivity contribution is 9.10. The number of nitrogens with two attached hydrogens (primary N) is 1. The molecule has 0 bridgehead atoms. The second-order valence-electron chi connectivity index (χ2n) is 5.70. The van der Waals surface area contributed by atoms with Gasteiger partial charge in [0.1, 0.15) is 0 Å². The van der Waals surface area contributed by atoms with E-state index in [-0.39, 0.29) is 18.3 Å². The molecular formula is C18H20BrClN2O. The van der Waals surface area contributed by atoms with Gasteiger partial charge < -0.3 is 10.6 Å². The largest absolute Gasteiger partial charge is 0.338 e. The number of hydrogen-bond donors (Lipinski definition) is 1. The lowest BCUT2D eigenvalue weighted by atomic mass is 9.89. The highest BCUT2D eigenvalue weighted by Gasteiger charge is 2.35. The first-order chi connectivity index (χ1) is 10.7. The lowest BCUT2D eigenvalue weighted by Crippen LogP contribution is -2.30. The Morgan fingerprint density at radius 2 is 1.74 bits per heavy atom. The van der Waals surface area contributed by atoms with Crippen LogP contribution in [0.25, 0.3) is 0 Å². The van der Waals surface area contributed by atoms with Crippen molar-refractivity contribution in [3.63, 3.8) is 0 Å². The molecule has 0 radical (unpaired) electrons. The number of nitrogens with zero attached hydrogens (tertiary/aromatic N) is 1. The zero-order valence-corrected chi connectivity index (χ0v) is 15.1. The third kappa shape index (κ3) is 3.77. The number of hydrogen-bond acceptors (Lipinski definition) is 2. The third-order valence-electron chi connectivity index (χ3n) is 4.36. The van der Waals surface area contributed by atoms with Gasteiger partial charge in [0.2, 0.25) is 0 Å². The molecule has 23 heavy (non-hydrogen) atoms. The van der Waals surface area contributed by atoms with Gasteiger partial charge in [-0.25, -0.2) is 0 Å². The lowest BCUT2D eigenvalue weighted by Gasteiger charge is -2.17. The summed E-state index contributed by atoms with van der Waals surface area (Å²) in [6, 6.07) is 17.9. The van der Waals surface area contributed by atoms with Crippen LogP contribution in [0.2, 0.25) is 0 Å². The van der Waals surface area contributed by atoms with Gasteiger partial charge in [-0.3, -0.25) is 4.79 Å². The Labute approximate surface area is 151 Å². The Balaban J connectivity index is 0.00000192. The van der Waals surface area contributed by atoms with Gasteiger partial charge in [-0.05, 0) is 46.1 Å². The molecule has 0 aromatic heterocycles. The van der Waals surface area contributed by atoms with E-state index in [1.807, 2.05) is 47.4 Å². The van der Waals surface area contributed by atoms with Crippen LogP contribution in [0.3, 0.4) is 0 Å². The van der Waals surface area contributed by atoms with E-state index in [0.717, 1.165) is 17.6 Å². The van der Waals surface area contributed by atoms with Gasteiger partial charge in [0.25, 0.3) is 5.91 Å². The first kappa shape index (κ1) is 18.0. The van der Waals surface area contributed by atoms with E-state index in [9.17, 15) is 4.79 Å². The van der Waals surface area contributed by atoms with E-state index in [0.29, 0.717) is 23.9 Å². The monoisotopic (exact) mass is 394 g/mol. The average molecular weight is 396 g/mol. The van der Waals surface area contributed by atoms with E-state index in [4.69, 9.17) is 5.73 Å². The van der Waals surface area contributed by atoms with Gasteiger partial charge in [-0.15, -0.1) is 12.4 Å². The molecule has 2 N–H and O–H groups in total. The predicted octanol–water partition coefficient (Wildman–Crippen LogP) is 3.69. The Morgan fingerprint density at radius 1 is 1.09 bits per heavy atom. The molecule has 1 fully saturated rings. The van der Waals surface area contributed by atoms with Crippen molar-refractivity contribution >= 4 is 34.2 Å². The summed E-state index contributed by atoms with van der Waals surface area (Å²) < 4.78 is 0.840. The van der Waals surface area contributed by atoms with E-state index >= 15 is 0 Å². The Kier molecular flexibility index (Phi) is 6.22. The molecule has 1 saturated heterocycles. The number of amides is 1. The van der Waals surface area contributed by atoms with Crippen LogP contribution >= 0.6 is 28.3 Å². The molecule has 0 unspecified atom stereocenters. The predicted molar refractivity (Wildman–Crippen MR) is 99.0 cm³/mol. The fourth-order valence-electron chi connectivity index (χ4n) is 3.16. The molecule has 1 aliphatic heterocycles. The summed E-state index contributed by atoms with van der Waals surface area (Å²) in [5, 5.41) is 0. The first-order valence-corrected chi connectivity index (χ1v) is 8.29. The highest BCUT2D eigenvalue weighted by Crippen LogP contribution is 2.33. The maximum absolute atomic E-state index is 12.8. The highest BCUT2D eigenvalue weighted by atomic mass is 79.9. The third-order valence-corrected chi connectivity index (χ3v) is 5.05. The molecule has 0 aliphatic carbocycles. The Bertz CT molecular complexity index is 665. The molecule has 1 aliphatic rings. The van der Waals surface area contributed by atoms with E-state index < -0.39 is 0 Å². The summed E-state index contributed by atoms with van der Waals surface area (Å²) in [4.78, 5) is 14.7. The Hall–Kier alpha value is -1.36. The summed E-state index contributed by atoms with van der Waals surface area (Å²) in [5.74, 6) is 0.704. The van der Waals surface area contributed by atoms with E-state index in [1.54, 1.807) is 0 Å². The molecule has 5 heteroatoms. The van der Waals surface area contributed by atoms with Gasteiger partial charge in [0.15, 0.2) is 0 Å². The van der Waals surface area contributed by atoms with Crippen molar-refractivity contribution in [2.75, 3.05) is 19.6 Å². The number of rotatable bonds is 3. The topological polar surface area (TPSA) is 46.3 Å². The molecule has 2 atom stereocenters. The minimum absolute atomic E-state index is 0. The number of carbonyl (C=O) groups excluding carboxylic acids is 1. The zero-order chi connectivity index (χ0) is 15.5. The SMILES string of the molecule is Cl.NC[C@@H]1CN(C(=O)c2ccccc2Br)C[C@H]1c1ccccc1. The van der Waals surface area contributed by atoms with Gasteiger partial charge in [0.05, 0.1) is 5.56 Å². The molecule has 3 nitrogen and oxygen atoms in total. The number of halogens is 2. The van der Waals surface area contributed by atoms with Crippen molar-refractivity contribution in [2.45, 2.75) is 5.92 Å². The maximum atomic E-state index is 12.8. The summed E-state index contributed by atoms with van der Waals surface area (Å²) in [6.07, 6.45) is 0. The Morgan fingerprint density at radius 3 is 2.39 bits per heavy atom. The minimum atomic E-state index is 0. The fourth-order valence-corrected chi connectivity index (χ4v) is 3.61. The standard InChI is InChI=1S/C18H19BrN2O.ClH/c19-17-9-5-4-8-15(17)18(22)21-11-14(10-20)16(12-21)13-6-2-1-3-7-13;/h1-9,14,16H,10-12,20H2;1H/t14-,16+;/m1./s1. The molecule has 1 amide bonds. The normalized spacial score (nSPS) is 20.2. The van der Waals surface area contributed by atoms with Crippen molar-refractivity contribution in [3.05, 3.63) is 70.2 Å². The van der Waals surface area contributed by atoms with Crippen LogP contribution in [0.15, 0.2) is 59.1 Å². The minimum Gasteiger partial charge on any atom is -0.338 e. The van der Waals surface area contributed by atoms with E-state index in [1.165, 1.54) is 5.56 Å². The number of carbonyl (C=O) groups is 1. The summed E-state index contributed by atoms with van der Waals surface area (Å²) in [5.41, 5.74) is 7.92. The zero-order valence-electron chi connectivity index (χ0n) is 12.7. The van der Waals surface area contributed by atoms with Crippen molar-refractivity contribution in [3.8, 4) is 0 Å². The molecule has 2 aromatic rings. The molecule has 0 saturated carbocycles. The number of likely N-dealkylation sites (tertiary alicyclic amines) is 1. The van der Waals surface area contributed by atoms with Crippen LogP contribution in [0, 0.1) is 5.92 Å². The fraction of sp³-hybridized carbons (Fsp3) is 0.278. The van der Waals surface area contributed by atoms with Gasteiger partial charge in [0, 0.05) is 23.5 Å². The lowest BCUT2D eigenvalue weighted by molar-refractivity contribution is 0.0785. The van der Waals surface area contributed by atoms with Crippen molar-refractivity contribution < 1.29 is 4.79 Å². The van der Waals surface area contributed by atoms with Crippen LogP contribution in [-0.2, 0) is 0 Å². The second-order valence-corrected chi connectivity index (χ2v) is 6.56. The molecule has 1 heterocycles. The first-order valence-electron chi connectivity index (χ1n) is 7.49. The van der Waals surface area contributed by atoms with Crippen LogP contribution in [-0.4, -0.2) is 30.4 Å². The van der Waals surface area contributed by atoms with Crippen molar-refractivity contribution in [2.24, 2.45) is 11.7 Å². The van der Waals surface area contributed by atoms with Crippen LogP contribution < -0.4 is 5.73 Å². The van der Waals surface area contributed by atoms with Gasteiger partial charge in [-0.2, -0.15) is 0 Å². The van der Waals surface area contributed by atoms with Crippen LogP contribution in [0.4, 0.5) is 0 Å². The smallest absolute Gasteiger partial charge is 0.255 e. The summed E-state index contributed by atoms with van der Waals surface area (Å²) >= 11 is 3.46. The number of benzene rings is 2. The van der Waals surface area contributed by atoms with E-state index in [2.05, 4.69) is 28.1 Å². The maximum Gasteiger partial charge on any atom is 0.255 e. The van der Waals surface area contributed by atoms with Gasteiger partial charge >= 0.3 is 0 Å². The quantitative estimate of drug-likeness (QED) is 0.861. The second kappa shape index (κ2) is 7.95. The molecule has 2 aromatic carbocycles. The van der Waals surface area contributed by atoms with Crippen molar-refractivity contribution in [1.29, 1.82) is 0 Å². The molecular weight excluding hydrogens is 376 g/mol. The molecule has 3 rings (SSSR count). The summed E-state index contributed by atoms with van der Waals surface area (Å²) in [6.45, 7) is 2.04. The average Bonchev–Trinajstić information content (AvgIpc) is 3.00. The molecule has 0 spiro atoms. The van der Waals surface area contributed by atoms with Crippen molar-refractivity contribution in [1.82, 2.24) is 4.90 Å². The van der Waals surface area contributed by atoms with Crippen LogP contribution in [0.1, 0.15) is 21.8 Å². The van der Waals surface area contributed by atoms with Crippen LogP contribution in [0.5, 0.6) is 0 Å².